The summed E-state index contributed by atoms with van der Waals surface area (Å²) >= 11 is 3.31. The van der Waals surface area contributed by atoms with Gasteiger partial charge in [0.1, 0.15) is 12.1 Å². The molecule has 3 rings (SSSR count). The van der Waals surface area contributed by atoms with Crippen LogP contribution < -0.4 is 10.2 Å². The number of halogens is 1. The van der Waals surface area contributed by atoms with Crippen LogP contribution in [0.3, 0.4) is 0 Å². The van der Waals surface area contributed by atoms with E-state index in [-0.39, 0.29) is 11.9 Å². The molecule has 10 nitrogen and oxygen atoms in total. The molecule has 1 aliphatic heterocycles. The highest BCUT2D eigenvalue weighted by Gasteiger charge is 2.31. The lowest BCUT2D eigenvalue weighted by Crippen LogP contribution is -2.38. The third-order valence-electron chi connectivity index (χ3n) is 4.18. The molecular weight excluding hydrogens is 408 g/mol. The number of rotatable bonds is 4. The molecule has 0 bridgehead atoms. The van der Waals surface area contributed by atoms with Gasteiger partial charge >= 0.3 is 6.09 Å². The van der Waals surface area contributed by atoms with Crippen molar-refractivity contribution in [3.63, 3.8) is 0 Å². The summed E-state index contributed by atoms with van der Waals surface area (Å²) in [5.41, 5.74) is 0.884. The number of likely N-dealkylation sites (N-methyl/N-ethyl adjacent to an activating group) is 1. The van der Waals surface area contributed by atoms with Gasteiger partial charge in [0.05, 0.1) is 6.04 Å². The van der Waals surface area contributed by atoms with Crippen LogP contribution in [0.15, 0.2) is 16.7 Å². The van der Waals surface area contributed by atoms with Crippen LogP contribution in [0, 0.1) is 0 Å². The molecule has 0 aliphatic carbocycles. The number of hydrogen-bond acceptors (Lipinski definition) is 7. The largest absolute Gasteiger partial charge is 0.465 e. The second-order valence-corrected chi connectivity index (χ2v) is 6.80. The minimum atomic E-state index is -0.998. The Morgan fingerprint density at radius 3 is 2.92 bits per heavy atom. The van der Waals surface area contributed by atoms with Gasteiger partial charge in [-0.05, 0) is 28.4 Å². The summed E-state index contributed by atoms with van der Waals surface area (Å²) in [7, 11) is 1.52. The molecule has 1 saturated heterocycles. The predicted molar refractivity (Wildman–Crippen MR) is 97.2 cm³/mol. The highest BCUT2D eigenvalue weighted by Crippen LogP contribution is 2.29. The lowest BCUT2D eigenvalue weighted by molar-refractivity contribution is -0.118. The van der Waals surface area contributed by atoms with E-state index in [1.807, 2.05) is 4.90 Å². The van der Waals surface area contributed by atoms with Gasteiger partial charge in [-0.2, -0.15) is 0 Å². The van der Waals surface area contributed by atoms with E-state index in [1.54, 1.807) is 12.3 Å². The number of fused-ring (bicyclic) bond motifs is 1. The number of carbonyl (C=O) groups is 2. The van der Waals surface area contributed by atoms with Crippen molar-refractivity contribution in [1.29, 1.82) is 0 Å². The van der Waals surface area contributed by atoms with Crippen molar-refractivity contribution >= 4 is 50.7 Å². The van der Waals surface area contributed by atoms with Crippen LogP contribution in [-0.4, -0.2) is 74.9 Å². The number of aliphatic hydroxyl groups excluding tert-OH is 1. The van der Waals surface area contributed by atoms with E-state index in [1.165, 1.54) is 11.9 Å². The molecule has 1 atom stereocenters. The normalized spacial score (nSPS) is 16.7. The Hall–Kier alpha value is -2.53. The quantitative estimate of drug-likeness (QED) is 0.659. The van der Waals surface area contributed by atoms with Gasteiger partial charge in [-0.15, -0.1) is 0 Å². The number of aliphatic hydroxyl groups is 1. The van der Waals surface area contributed by atoms with Gasteiger partial charge in [-0.25, -0.2) is 19.7 Å². The topological polar surface area (TPSA) is 132 Å². The van der Waals surface area contributed by atoms with E-state index >= 15 is 0 Å². The SMILES string of the molecule is CN(C(=O)O)[C@H]1CCN(c2nc3ncc(Br)cc3nc2NC(=O)CO)C1. The zero-order valence-electron chi connectivity index (χ0n) is 13.9. The molecule has 26 heavy (non-hydrogen) atoms. The van der Waals surface area contributed by atoms with Crippen LogP contribution in [0.4, 0.5) is 16.4 Å². The number of aromatic nitrogens is 3. The standard InChI is InChI=1S/C15H17BrN6O4/c1-21(15(25)26)9-2-3-22(6-9)14-13(19-11(24)7-23)18-10-4-8(16)5-17-12(10)20-14/h4-5,9,23H,2-3,6-7H2,1H3,(H,25,26)(H,18,19,24)/t9-/m0/s1. The minimum absolute atomic E-state index is 0.190. The molecule has 2 aromatic rings. The third-order valence-corrected chi connectivity index (χ3v) is 4.62. The van der Waals surface area contributed by atoms with Gasteiger partial charge in [-0.3, -0.25) is 4.79 Å². The van der Waals surface area contributed by atoms with Crippen molar-refractivity contribution in [1.82, 2.24) is 19.9 Å². The summed E-state index contributed by atoms with van der Waals surface area (Å²) in [4.78, 5) is 39.1. The molecule has 1 aliphatic rings. The average molecular weight is 425 g/mol. The molecule has 11 heteroatoms. The van der Waals surface area contributed by atoms with E-state index in [0.717, 1.165) is 4.47 Å². The number of carboxylic acid groups (broad SMARTS) is 1. The van der Waals surface area contributed by atoms with Crippen molar-refractivity contribution in [3.05, 3.63) is 16.7 Å². The van der Waals surface area contributed by atoms with Crippen molar-refractivity contribution < 1.29 is 19.8 Å². The molecule has 0 radical (unpaired) electrons. The van der Waals surface area contributed by atoms with E-state index in [0.29, 0.717) is 36.5 Å². The molecular formula is C15H17BrN6O4. The van der Waals surface area contributed by atoms with Crippen LogP contribution >= 0.6 is 15.9 Å². The van der Waals surface area contributed by atoms with Crippen molar-refractivity contribution in [2.24, 2.45) is 0 Å². The average Bonchev–Trinajstić information content (AvgIpc) is 3.09. The molecule has 2 aromatic heterocycles. The fourth-order valence-electron chi connectivity index (χ4n) is 2.80. The first-order valence-electron chi connectivity index (χ1n) is 7.83. The Labute approximate surface area is 157 Å². The number of hydrogen-bond donors (Lipinski definition) is 3. The number of nitrogens with one attached hydrogen (secondary N) is 1. The molecule has 2 amide bonds. The second-order valence-electron chi connectivity index (χ2n) is 5.88. The zero-order valence-corrected chi connectivity index (χ0v) is 15.5. The Kier molecular flexibility index (Phi) is 5.18. The Morgan fingerprint density at radius 2 is 2.23 bits per heavy atom. The van der Waals surface area contributed by atoms with E-state index in [2.05, 4.69) is 36.2 Å². The third kappa shape index (κ3) is 3.68. The fourth-order valence-corrected chi connectivity index (χ4v) is 3.12. The molecule has 3 heterocycles. The first-order chi connectivity index (χ1) is 12.4. The summed E-state index contributed by atoms with van der Waals surface area (Å²) < 4.78 is 0.718. The Bertz CT molecular complexity index is 863. The molecule has 138 valence electrons. The molecule has 0 unspecified atom stereocenters. The van der Waals surface area contributed by atoms with Crippen LogP contribution in [-0.2, 0) is 4.79 Å². The first-order valence-corrected chi connectivity index (χ1v) is 8.63. The van der Waals surface area contributed by atoms with Gasteiger partial charge in [0.2, 0.25) is 0 Å². The lowest BCUT2D eigenvalue weighted by Gasteiger charge is -2.23. The summed E-state index contributed by atoms with van der Waals surface area (Å²) in [6.45, 7) is 0.294. The highest BCUT2D eigenvalue weighted by atomic mass is 79.9. The number of nitrogens with zero attached hydrogens (tertiary/aromatic N) is 5. The monoisotopic (exact) mass is 424 g/mol. The summed E-state index contributed by atoms with van der Waals surface area (Å²) in [5, 5.41) is 20.7. The molecule has 3 N–H and O–H groups in total. The molecule has 0 aromatic carbocycles. The first kappa shape index (κ1) is 18.3. The van der Waals surface area contributed by atoms with Crippen LogP contribution in [0.25, 0.3) is 11.2 Å². The van der Waals surface area contributed by atoms with Gasteiger partial charge in [-0.1, -0.05) is 0 Å². The maximum atomic E-state index is 11.7. The molecule has 1 fully saturated rings. The summed E-state index contributed by atoms with van der Waals surface area (Å²) in [6.07, 6.45) is 1.23. The van der Waals surface area contributed by atoms with Crippen molar-refractivity contribution in [3.8, 4) is 0 Å². The number of amides is 2. The maximum absolute atomic E-state index is 11.7. The second kappa shape index (κ2) is 7.38. The molecule has 0 saturated carbocycles. The Balaban J connectivity index is 1.97. The maximum Gasteiger partial charge on any atom is 0.407 e. The van der Waals surface area contributed by atoms with Crippen LogP contribution in [0.5, 0.6) is 0 Å². The lowest BCUT2D eigenvalue weighted by atomic mass is 10.2. The predicted octanol–water partition coefficient (Wildman–Crippen LogP) is 0.907. The van der Waals surface area contributed by atoms with Gasteiger partial charge in [0.25, 0.3) is 5.91 Å². The van der Waals surface area contributed by atoms with Gasteiger partial charge < -0.3 is 25.3 Å². The number of carbonyl (C=O) groups excluding carboxylic acids is 1. The number of pyridine rings is 1. The van der Waals surface area contributed by atoms with Crippen molar-refractivity contribution in [2.75, 3.05) is 37.0 Å². The van der Waals surface area contributed by atoms with E-state index in [9.17, 15) is 9.59 Å². The summed E-state index contributed by atoms with van der Waals surface area (Å²) in [5.74, 6) is -0.00764. The highest BCUT2D eigenvalue weighted by molar-refractivity contribution is 9.10. The Morgan fingerprint density at radius 1 is 1.46 bits per heavy atom. The minimum Gasteiger partial charge on any atom is -0.465 e. The van der Waals surface area contributed by atoms with Crippen LogP contribution in [0.2, 0.25) is 0 Å². The molecule has 0 spiro atoms. The van der Waals surface area contributed by atoms with E-state index in [4.69, 9.17) is 10.2 Å². The van der Waals surface area contributed by atoms with E-state index < -0.39 is 18.6 Å². The summed E-state index contributed by atoms with van der Waals surface area (Å²) in [6, 6.07) is 1.53. The zero-order chi connectivity index (χ0) is 18.8. The van der Waals surface area contributed by atoms with Crippen molar-refractivity contribution in [2.45, 2.75) is 12.5 Å². The van der Waals surface area contributed by atoms with Gasteiger partial charge in [0.15, 0.2) is 17.3 Å². The smallest absolute Gasteiger partial charge is 0.407 e. The fraction of sp³-hybridized carbons (Fsp3) is 0.400. The van der Waals surface area contributed by atoms with Gasteiger partial charge in [0, 0.05) is 30.8 Å². The number of anilines is 2. The van der Waals surface area contributed by atoms with Crippen LogP contribution in [0.1, 0.15) is 6.42 Å².